The van der Waals surface area contributed by atoms with Crippen LogP contribution in [0.15, 0.2) is 48.5 Å². The number of benzene rings is 2. The van der Waals surface area contributed by atoms with Crippen molar-refractivity contribution in [3.05, 3.63) is 70.2 Å². The lowest BCUT2D eigenvalue weighted by Gasteiger charge is -2.19. The Kier molecular flexibility index (Phi) is 8.33. The van der Waals surface area contributed by atoms with Crippen molar-refractivity contribution in [3.63, 3.8) is 0 Å². The second-order valence-electron chi connectivity index (χ2n) is 7.78. The zero-order valence-electron chi connectivity index (χ0n) is 19.6. The molecular weight excluding hydrogens is 463 g/mol. The maximum Gasteiger partial charge on any atom is 0.435 e. The third kappa shape index (κ3) is 5.95. The lowest BCUT2D eigenvalue weighted by atomic mass is 10.1. The standard InChI is InChI=1S/C25H28F3N3O2S/c1-5-31(6-2)15-18-10-7-8-13-20(18)24-30-22(25(26,27)28)21(34-24)23(32)29-16(3)17-11-9-12-19(14-17)33-4/h7-14,16H,5-6,15H2,1-4H3,(H,29,32)/t16-/m0/s1. The van der Waals surface area contributed by atoms with Crippen molar-refractivity contribution < 1.29 is 22.7 Å². The van der Waals surface area contributed by atoms with Crippen molar-refractivity contribution in [3.8, 4) is 16.3 Å². The van der Waals surface area contributed by atoms with Crippen LogP contribution in [0.4, 0.5) is 13.2 Å². The van der Waals surface area contributed by atoms with Gasteiger partial charge in [0, 0.05) is 12.1 Å². The number of carbonyl (C=O) groups excluding carboxylic acids is 1. The average Bonchev–Trinajstić information content (AvgIpc) is 3.29. The molecule has 9 heteroatoms. The molecule has 3 rings (SSSR count). The third-order valence-electron chi connectivity index (χ3n) is 5.58. The van der Waals surface area contributed by atoms with Crippen molar-refractivity contribution in [1.29, 1.82) is 0 Å². The Labute approximate surface area is 201 Å². The maximum atomic E-state index is 13.9. The van der Waals surface area contributed by atoms with Crippen LogP contribution >= 0.6 is 11.3 Å². The normalized spacial score (nSPS) is 12.6. The second kappa shape index (κ2) is 11.0. The van der Waals surface area contributed by atoms with Crippen LogP contribution in [0.1, 0.15) is 53.3 Å². The summed E-state index contributed by atoms with van der Waals surface area (Å²) in [5.74, 6) is -0.216. The zero-order valence-corrected chi connectivity index (χ0v) is 20.4. The first-order valence-corrected chi connectivity index (χ1v) is 11.8. The smallest absolute Gasteiger partial charge is 0.435 e. The van der Waals surface area contributed by atoms with E-state index in [1.54, 1.807) is 43.3 Å². The van der Waals surface area contributed by atoms with E-state index in [-0.39, 0.29) is 5.01 Å². The number of hydrogen-bond acceptors (Lipinski definition) is 5. The van der Waals surface area contributed by atoms with Crippen LogP contribution in [0.25, 0.3) is 10.6 Å². The number of ether oxygens (including phenoxy) is 1. The number of nitrogens with one attached hydrogen (secondary N) is 1. The van der Waals surface area contributed by atoms with Gasteiger partial charge in [0.05, 0.1) is 13.2 Å². The molecule has 1 atom stereocenters. The Morgan fingerprint density at radius 2 is 1.85 bits per heavy atom. The maximum absolute atomic E-state index is 13.9. The molecule has 182 valence electrons. The molecule has 0 unspecified atom stereocenters. The predicted molar refractivity (Wildman–Crippen MR) is 128 cm³/mol. The highest BCUT2D eigenvalue weighted by Gasteiger charge is 2.40. The number of hydrogen-bond donors (Lipinski definition) is 1. The molecule has 0 saturated heterocycles. The average molecular weight is 492 g/mol. The summed E-state index contributed by atoms with van der Waals surface area (Å²) >= 11 is 0.763. The summed E-state index contributed by atoms with van der Waals surface area (Å²) in [4.78, 5) is 18.6. The van der Waals surface area contributed by atoms with E-state index >= 15 is 0 Å². The van der Waals surface area contributed by atoms with Gasteiger partial charge in [0.15, 0.2) is 5.69 Å². The van der Waals surface area contributed by atoms with E-state index in [0.717, 1.165) is 35.6 Å². The van der Waals surface area contributed by atoms with Gasteiger partial charge in [-0.15, -0.1) is 11.3 Å². The molecular formula is C25H28F3N3O2S. The van der Waals surface area contributed by atoms with Crippen LogP contribution < -0.4 is 10.1 Å². The fraction of sp³-hybridized carbons (Fsp3) is 0.360. The second-order valence-corrected chi connectivity index (χ2v) is 8.78. The van der Waals surface area contributed by atoms with Crippen LogP contribution in [0.5, 0.6) is 5.75 Å². The van der Waals surface area contributed by atoms with E-state index in [0.29, 0.717) is 17.9 Å². The van der Waals surface area contributed by atoms with Gasteiger partial charge < -0.3 is 10.1 Å². The van der Waals surface area contributed by atoms with E-state index in [4.69, 9.17) is 4.74 Å². The lowest BCUT2D eigenvalue weighted by Crippen LogP contribution is -2.28. The van der Waals surface area contributed by atoms with E-state index < -0.39 is 28.7 Å². The van der Waals surface area contributed by atoms with Gasteiger partial charge in [-0.2, -0.15) is 13.2 Å². The van der Waals surface area contributed by atoms with Gasteiger partial charge in [-0.25, -0.2) is 4.98 Å². The molecule has 0 bridgehead atoms. The fourth-order valence-electron chi connectivity index (χ4n) is 3.59. The number of halogens is 3. The molecule has 1 heterocycles. The van der Waals surface area contributed by atoms with Crippen LogP contribution in [0.2, 0.25) is 0 Å². The summed E-state index contributed by atoms with van der Waals surface area (Å²) < 4.78 is 46.8. The number of alkyl halides is 3. The first-order valence-electron chi connectivity index (χ1n) is 11.0. The molecule has 2 aromatic carbocycles. The number of thiazole rings is 1. The lowest BCUT2D eigenvalue weighted by molar-refractivity contribution is -0.141. The molecule has 0 aliphatic heterocycles. The van der Waals surface area contributed by atoms with Crippen LogP contribution in [0.3, 0.4) is 0 Å². The number of methoxy groups -OCH3 is 1. The molecule has 1 amide bonds. The minimum absolute atomic E-state index is 0.175. The Morgan fingerprint density at radius 1 is 1.15 bits per heavy atom. The van der Waals surface area contributed by atoms with Gasteiger partial charge in [0.25, 0.3) is 5.91 Å². The summed E-state index contributed by atoms with van der Waals surface area (Å²) in [5.41, 5.74) is 1.02. The Hall–Kier alpha value is -2.91. The number of rotatable bonds is 9. The summed E-state index contributed by atoms with van der Waals surface area (Å²) in [6.45, 7) is 7.98. The highest BCUT2D eigenvalue weighted by Crippen LogP contribution is 2.39. The van der Waals surface area contributed by atoms with E-state index in [2.05, 4.69) is 15.2 Å². The topological polar surface area (TPSA) is 54.5 Å². The van der Waals surface area contributed by atoms with Crippen molar-refractivity contribution in [2.24, 2.45) is 0 Å². The van der Waals surface area contributed by atoms with Gasteiger partial charge in [-0.1, -0.05) is 50.2 Å². The molecule has 0 spiro atoms. The molecule has 0 saturated carbocycles. The van der Waals surface area contributed by atoms with Crippen LogP contribution in [-0.2, 0) is 12.7 Å². The SMILES string of the molecule is CCN(CC)Cc1ccccc1-c1nc(C(F)(F)F)c(C(=O)N[C@@H](C)c2cccc(OC)c2)s1. The molecule has 0 aliphatic rings. The monoisotopic (exact) mass is 491 g/mol. The first kappa shape index (κ1) is 25.7. The van der Waals surface area contributed by atoms with Gasteiger partial charge in [-0.3, -0.25) is 9.69 Å². The van der Waals surface area contributed by atoms with Gasteiger partial charge in [-0.05, 0) is 43.3 Å². The van der Waals surface area contributed by atoms with E-state index in [9.17, 15) is 18.0 Å². The molecule has 1 N–H and O–H groups in total. The third-order valence-corrected chi connectivity index (χ3v) is 6.67. The van der Waals surface area contributed by atoms with Gasteiger partial charge in [0.2, 0.25) is 0 Å². The fourth-order valence-corrected chi connectivity index (χ4v) is 4.64. The van der Waals surface area contributed by atoms with Crippen molar-refractivity contribution in [2.45, 2.75) is 39.5 Å². The Morgan fingerprint density at radius 3 is 2.50 bits per heavy atom. The van der Waals surface area contributed by atoms with Crippen molar-refractivity contribution in [2.75, 3.05) is 20.2 Å². The molecule has 1 aromatic heterocycles. The largest absolute Gasteiger partial charge is 0.497 e. The summed E-state index contributed by atoms with van der Waals surface area (Å²) in [6, 6.07) is 13.7. The van der Waals surface area contributed by atoms with E-state index in [1.807, 2.05) is 26.0 Å². The molecule has 0 fully saturated rings. The summed E-state index contributed by atoms with van der Waals surface area (Å²) in [6.07, 6.45) is -4.76. The van der Waals surface area contributed by atoms with E-state index in [1.165, 1.54) is 7.11 Å². The van der Waals surface area contributed by atoms with Crippen LogP contribution in [0, 0.1) is 0 Å². The molecule has 5 nitrogen and oxygen atoms in total. The number of nitrogens with zero attached hydrogens (tertiary/aromatic N) is 2. The summed E-state index contributed by atoms with van der Waals surface area (Å²) in [5, 5.41) is 2.85. The number of carbonyl (C=O) groups is 1. The molecule has 0 aliphatic carbocycles. The minimum Gasteiger partial charge on any atom is -0.497 e. The van der Waals surface area contributed by atoms with Gasteiger partial charge in [0.1, 0.15) is 15.6 Å². The van der Waals surface area contributed by atoms with Crippen molar-refractivity contribution in [1.82, 2.24) is 15.2 Å². The molecule has 3 aromatic rings. The highest BCUT2D eigenvalue weighted by atomic mass is 32.1. The first-order chi connectivity index (χ1) is 16.2. The number of amides is 1. The van der Waals surface area contributed by atoms with Gasteiger partial charge >= 0.3 is 6.18 Å². The number of aromatic nitrogens is 1. The predicted octanol–water partition coefficient (Wildman–Crippen LogP) is 6.17. The minimum atomic E-state index is -4.76. The summed E-state index contributed by atoms with van der Waals surface area (Å²) in [7, 11) is 1.52. The highest BCUT2D eigenvalue weighted by molar-refractivity contribution is 7.17. The van der Waals surface area contributed by atoms with Crippen molar-refractivity contribution >= 4 is 17.2 Å². The zero-order chi connectivity index (χ0) is 24.9. The Bertz CT molecular complexity index is 1130. The van der Waals surface area contributed by atoms with Crippen LogP contribution in [-0.4, -0.2) is 36.0 Å². The quantitative estimate of drug-likeness (QED) is 0.389. The molecule has 0 radical (unpaired) electrons. The molecule has 34 heavy (non-hydrogen) atoms. The Balaban J connectivity index is 1.96.